The van der Waals surface area contributed by atoms with Gasteiger partial charge in [0, 0.05) is 25.5 Å². The van der Waals surface area contributed by atoms with Gasteiger partial charge in [-0.05, 0) is 30.7 Å². The topological polar surface area (TPSA) is 73.4 Å². The van der Waals surface area contributed by atoms with E-state index in [2.05, 4.69) is 9.97 Å². The number of nitrogens with zero attached hydrogens (tertiary/aromatic N) is 4. The molecule has 28 heavy (non-hydrogen) atoms. The Labute approximate surface area is 170 Å². The van der Waals surface area contributed by atoms with E-state index < -0.39 is 0 Å². The normalized spacial score (nSPS) is 11.1. The molecule has 0 saturated carbocycles. The largest absolute Gasteiger partial charge is 0.494 e. The number of aromatic nitrogens is 3. The number of amides is 1. The lowest BCUT2D eigenvalue weighted by atomic mass is 10.3. The molecule has 7 nitrogen and oxygen atoms in total. The maximum Gasteiger partial charge on any atom is 0.295 e. The number of thiazole rings is 1. The summed E-state index contributed by atoms with van der Waals surface area (Å²) in [6.07, 6.45) is 7.58. The molecule has 0 aliphatic rings. The third kappa shape index (κ3) is 3.61. The third-order valence-electron chi connectivity index (χ3n) is 4.23. The fourth-order valence-corrected chi connectivity index (χ4v) is 4.15. The van der Waals surface area contributed by atoms with Gasteiger partial charge in [0.15, 0.2) is 10.9 Å². The monoisotopic (exact) mass is 416 g/mol. The van der Waals surface area contributed by atoms with Gasteiger partial charge in [-0.2, -0.15) is 0 Å². The van der Waals surface area contributed by atoms with Crippen LogP contribution in [0.3, 0.4) is 0 Å². The summed E-state index contributed by atoms with van der Waals surface area (Å²) >= 11 is 7.69. The number of hydrogen-bond donors (Lipinski definition) is 0. The number of halogens is 1. The molecular formula is C19H17ClN4O3S. The van der Waals surface area contributed by atoms with E-state index in [1.807, 2.05) is 10.8 Å². The van der Waals surface area contributed by atoms with Crippen LogP contribution >= 0.6 is 22.9 Å². The number of aryl methyl sites for hydroxylation is 1. The highest BCUT2D eigenvalue weighted by atomic mass is 35.5. The number of carbonyl (C=O) groups excluding carboxylic acids is 1. The van der Waals surface area contributed by atoms with Gasteiger partial charge in [-0.3, -0.25) is 9.69 Å². The highest BCUT2D eigenvalue weighted by molar-refractivity contribution is 7.23. The van der Waals surface area contributed by atoms with E-state index in [4.69, 9.17) is 20.8 Å². The number of methoxy groups -OCH3 is 1. The molecule has 4 rings (SSSR count). The van der Waals surface area contributed by atoms with Gasteiger partial charge in [0.1, 0.15) is 11.3 Å². The summed E-state index contributed by atoms with van der Waals surface area (Å²) < 4.78 is 13.5. The summed E-state index contributed by atoms with van der Waals surface area (Å²) in [7, 11) is 1.58. The average Bonchev–Trinajstić information content (AvgIpc) is 3.47. The predicted molar refractivity (Wildman–Crippen MR) is 108 cm³/mol. The summed E-state index contributed by atoms with van der Waals surface area (Å²) in [6.45, 7) is 1.20. The molecular weight excluding hydrogens is 400 g/mol. The number of ether oxygens (including phenoxy) is 1. The molecule has 4 aromatic rings. The lowest BCUT2D eigenvalue weighted by Crippen LogP contribution is -2.32. The van der Waals surface area contributed by atoms with Crippen LogP contribution in [-0.4, -0.2) is 34.1 Å². The zero-order valence-electron chi connectivity index (χ0n) is 15.0. The van der Waals surface area contributed by atoms with Gasteiger partial charge in [0.2, 0.25) is 0 Å². The first-order chi connectivity index (χ1) is 13.7. The second-order valence-corrected chi connectivity index (χ2v) is 7.40. The van der Waals surface area contributed by atoms with Crippen molar-refractivity contribution in [3.63, 3.8) is 0 Å². The second-order valence-electron chi connectivity index (χ2n) is 6.01. The van der Waals surface area contributed by atoms with Crippen molar-refractivity contribution < 1.29 is 13.9 Å². The minimum Gasteiger partial charge on any atom is -0.494 e. The predicted octanol–water partition coefficient (Wildman–Crippen LogP) is 4.48. The summed E-state index contributed by atoms with van der Waals surface area (Å²) in [4.78, 5) is 23.3. The molecule has 0 radical (unpaired) electrons. The van der Waals surface area contributed by atoms with Crippen LogP contribution in [0.4, 0.5) is 5.13 Å². The van der Waals surface area contributed by atoms with Crippen molar-refractivity contribution in [3.8, 4) is 5.75 Å². The maximum atomic E-state index is 13.0. The Hall–Kier alpha value is -2.84. The van der Waals surface area contributed by atoms with E-state index in [-0.39, 0.29) is 11.7 Å². The Morgan fingerprint density at radius 1 is 1.39 bits per heavy atom. The minimum atomic E-state index is -0.246. The molecule has 0 atom stereocenters. The molecule has 0 aliphatic carbocycles. The Balaban J connectivity index is 1.67. The zero-order chi connectivity index (χ0) is 19.5. The van der Waals surface area contributed by atoms with Crippen molar-refractivity contribution in [1.29, 1.82) is 0 Å². The Bertz CT molecular complexity index is 1080. The summed E-state index contributed by atoms with van der Waals surface area (Å²) in [5.41, 5.74) is 0.641. The lowest BCUT2D eigenvalue weighted by molar-refractivity contribution is 0.0959. The van der Waals surface area contributed by atoms with E-state index in [0.717, 1.165) is 17.7 Å². The average molecular weight is 417 g/mol. The minimum absolute atomic E-state index is 0.246. The van der Waals surface area contributed by atoms with E-state index >= 15 is 0 Å². The highest BCUT2D eigenvalue weighted by Crippen LogP contribution is 2.39. The van der Waals surface area contributed by atoms with Crippen molar-refractivity contribution >= 4 is 44.2 Å². The van der Waals surface area contributed by atoms with Gasteiger partial charge in [-0.25, -0.2) is 9.97 Å². The first-order valence-electron chi connectivity index (χ1n) is 8.61. The molecule has 0 fully saturated rings. The van der Waals surface area contributed by atoms with Crippen molar-refractivity contribution in [1.82, 2.24) is 14.5 Å². The Morgan fingerprint density at radius 3 is 3.00 bits per heavy atom. The molecule has 1 amide bonds. The van der Waals surface area contributed by atoms with Crippen LogP contribution in [-0.2, 0) is 6.54 Å². The molecule has 0 N–H and O–H groups in total. The van der Waals surface area contributed by atoms with Gasteiger partial charge in [-0.15, -0.1) is 0 Å². The van der Waals surface area contributed by atoms with E-state index in [1.165, 1.54) is 17.6 Å². The molecule has 9 heteroatoms. The summed E-state index contributed by atoms with van der Waals surface area (Å²) in [5, 5.41) is 1.12. The fraction of sp³-hybridized carbons (Fsp3) is 0.211. The molecule has 0 unspecified atom stereocenters. The van der Waals surface area contributed by atoms with Crippen LogP contribution in [0.1, 0.15) is 17.0 Å². The van der Waals surface area contributed by atoms with Crippen molar-refractivity contribution in [2.24, 2.45) is 0 Å². The van der Waals surface area contributed by atoms with Gasteiger partial charge in [0.25, 0.3) is 5.91 Å². The molecule has 3 heterocycles. The molecule has 0 bridgehead atoms. The number of carbonyl (C=O) groups is 1. The van der Waals surface area contributed by atoms with Crippen molar-refractivity contribution in [2.75, 3.05) is 18.6 Å². The first kappa shape index (κ1) is 18.5. The van der Waals surface area contributed by atoms with Crippen LogP contribution in [0, 0.1) is 0 Å². The van der Waals surface area contributed by atoms with Gasteiger partial charge in [-0.1, -0.05) is 22.9 Å². The Kier molecular flexibility index (Phi) is 5.31. The van der Waals surface area contributed by atoms with Crippen molar-refractivity contribution in [3.05, 3.63) is 60.0 Å². The molecule has 0 saturated heterocycles. The summed E-state index contributed by atoms with van der Waals surface area (Å²) in [5.74, 6) is 0.635. The molecule has 1 aromatic carbocycles. The van der Waals surface area contributed by atoms with Crippen LogP contribution in [0.25, 0.3) is 10.2 Å². The molecule has 144 valence electrons. The number of furan rings is 1. The van der Waals surface area contributed by atoms with Crippen LogP contribution in [0.5, 0.6) is 5.75 Å². The fourth-order valence-electron chi connectivity index (χ4n) is 2.87. The summed E-state index contributed by atoms with van der Waals surface area (Å²) in [6, 6.07) is 6.87. The van der Waals surface area contributed by atoms with E-state index in [9.17, 15) is 4.79 Å². The number of imidazole rings is 1. The van der Waals surface area contributed by atoms with Crippen molar-refractivity contribution in [2.45, 2.75) is 13.0 Å². The number of hydrogen-bond acceptors (Lipinski definition) is 6. The zero-order valence-corrected chi connectivity index (χ0v) is 16.6. The third-order valence-corrected chi connectivity index (χ3v) is 5.77. The van der Waals surface area contributed by atoms with Gasteiger partial charge in [0.05, 0.1) is 29.4 Å². The van der Waals surface area contributed by atoms with Crippen LogP contribution < -0.4 is 9.64 Å². The van der Waals surface area contributed by atoms with Crippen LogP contribution in [0.15, 0.2) is 53.7 Å². The first-order valence-corrected chi connectivity index (χ1v) is 9.81. The molecule has 3 aromatic heterocycles. The lowest BCUT2D eigenvalue weighted by Gasteiger charge is -2.18. The maximum absolute atomic E-state index is 13.0. The SMILES string of the molecule is COc1ccc(Cl)c2sc(N(CCCn3ccnc3)C(=O)c3ccco3)nc12. The number of fused-ring (bicyclic) bond motifs is 1. The van der Waals surface area contributed by atoms with E-state index in [0.29, 0.717) is 28.0 Å². The van der Waals surface area contributed by atoms with Gasteiger partial charge >= 0.3 is 0 Å². The number of benzene rings is 1. The molecule has 0 aliphatic heterocycles. The quantitative estimate of drug-likeness (QED) is 0.444. The van der Waals surface area contributed by atoms with Gasteiger partial charge < -0.3 is 13.7 Å². The number of rotatable bonds is 7. The van der Waals surface area contributed by atoms with E-state index in [1.54, 1.807) is 48.8 Å². The second kappa shape index (κ2) is 8.04. The standard InChI is InChI=1S/C19H17ClN4O3S/c1-26-14-6-5-13(20)17-16(14)22-19(28-17)24(18(25)15-4-2-11-27-15)9-3-8-23-10-7-21-12-23/h2,4-7,10-12H,3,8-9H2,1H3. The Morgan fingerprint density at radius 2 is 2.29 bits per heavy atom. The molecule has 0 spiro atoms. The number of anilines is 1. The van der Waals surface area contributed by atoms with Crippen LogP contribution in [0.2, 0.25) is 5.02 Å². The highest BCUT2D eigenvalue weighted by Gasteiger charge is 2.24. The smallest absolute Gasteiger partial charge is 0.295 e.